The number of nitrogens with zero attached hydrogens (tertiary/aromatic N) is 2. The molecule has 5 nitrogen and oxygen atoms in total. The van der Waals surface area contributed by atoms with Crippen molar-refractivity contribution in [1.82, 2.24) is 20.8 Å². The first-order valence-electron chi connectivity index (χ1n) is 10.8. The van der Waals surface area contributed by atoms with Crippen LogP contribution in [0.2, 0.25) is 0 Å². The fourth-order valence-corrected chi connectivity index (χ4v) is 5.21. The number of hydrogen-bond acceptors (Lipinski definition) is 4. The third kappa shape index (κ3) is 3.99. The summed E-state index contributed by atoms with van der Waals surface area (Å²) in [6, 6.07) is 7.23. The predicted octanol–water partition coefficient (Wildman–Crippen LogP) is 3.46. The molecule has 0 bridgehead atoms. The molecular formula is C22H35N5. The predicted molar refractivity (Wildman–Crippen MR) is 114 cm³/mol. The molecule has 1 aromatic heterocycles. The van der Waals surface area contributed by atoms with Gasteiger partial charge in [-0.15, -0.1) is 0 Å². The van der Waals surface area contributed by atoms with Crippen molar-refractivity contribution in [3.8, 4) is 0 Å². The maximum atomic E-state index is 4.61. The maximum Gasteiger partial charge on any atom is 0.0717 e. The van der Waals surface area contributed by atoms with Gasteiger partial charge in [0.25, 0.3) is 0 Å². The third-order valence-corrected chi connectivity index (χ3v) is 7.03. The summed E-state index contributed by atoms with van der Waals surface area (Å²) >= 11 is 0. The van der Waals surface area contributed by atoms with Gasteiger partial charge < -0.3 is 15.5 Å². The van der Waals surface area contributed by atoms with Crippen molar-refractivity contribution in [3.63, 3.8) is 0 Å². The van der Waals surface area contributed by atoms with Crippen molar-refractivity contribution in [1.29, 1.82) is 0 Å². The average molecular weight is 370 g/mol. The number of rotatable bonds is 6. The Bertz CT molecular complexity index is 736. The minimum atomic E-state index is 0.395. The smallest absolute Gasteiger partial charge is 0.0717 e. The summed E-state index contributed by atoms with van der Waals surface area (Å²) < 4.78 is 0. The van der Waals surface area contributed by atoms with E-state index in [0.717, 1.165) is 18.5 Å². The van der Waals surface area contributed by atoms with Gasteiger partial charge in [0.1, 0.15) is 0 Å². The number of likely N-dealkylation sites (N-methyl/N-ethyl adjacent to an activating group) is 2. The van der Waals surface area contributed by atoms with E-state index in [2.05, 4.69) is 43.9 Å². The van der Waals surface area contributed by atoms with Crippen LogP contribution in [-0.2, 0) is 6.42 Å². The van der Waals surface area contributed by atoms with Gasteiger partial charge in [0.05, 0.1) is 11.2 Å². The van der Waals surface area contributed by atoms with E-state index in [0.29, 0.717) is 11.5 Å². The molecule has 2 fully saturated rings. The number of benzene rings is 1. The van der Waals surface area contributed by atoms with E-state index in [9.17, 15) is 0 Å². The first-order chi connectivity index (χ1) is 13.2. The summed E-state index contributed by atoms with van der Waals surface area (Å²) in [5.74, 6) is 0. The molecule has 1 unspecified atom stereocenters. The molecular weight excluding hydrogens is 334 g/mol. The number of fused-ring (bicyclic) bond motifs is 1. The fourth-order valence-electron chi connectivity index (χ4n) is 5.21. The Labute approximate surface area is 163 Å². The molecule has 1 atom stereocenters. The number of aromatic amines is 1. The molecule has 5 heteroatoms. The van der Waals surface area contributed by atoms with Gasteiger partial charge in [-0.3, -0.25) is 5.10 Å². The summed E-state index contributed by atoms with van der Waals surface area (Å²) in [6.07, 6.45) is 10.9. The van der Waals surface area contributed by atoms with E-state index in [-0.39, 0.29) is 0 Å². The molecule has 4 rings (SSSR count). The van der Waals surface area contributed by atoms with Gasteiger partial charge in [0.15, 0.2) is 0 Å². The highest BCUT2D eigenvalue weighted by molar-refractivity contribution is 5.85. The van der Waals surface area contributed by atoms with Gasteiger partial charge in [-0.25, -0.2) is 0 Å². The van der Waals surface area contributed by atoms with E-state index in [1.165, 1.54) is 74.8 Å². The minimum absolute atomic E-state index is 0.395. The number of nitrogens with one attached hydrogen (secondary N) is 3. The Balaban J connectivity index is 1.49. The van der Waals surface area contributed by atoms with Gasteiger partial charge >= 0.3 is 0 Å². The third-order valence-electron chi connectivity index (χ3n) is 7.03. The molecule has 1 aromatic carbocycles. The average Bonchev–Trinajstić information content (AvgIpc) is 3.11. The number of aromatic nitrogens is 2. The number of hydrogen-bond donors (Lipinski definition) is 3. The first kappa shape index (κ1) is 18.8. The Kier molecular flexibility index (Phi) is 5.69. The summed E-state index contributed by atoms with van der Waals surface area (Å²) in [5, 5.41) is 15.8. The van der Waals surface area contributed by atoms with Gasteiger partial charge in [-0.1, -0.05) is 19.3 Å². The molecule has 1 saturated heterocycles. The second-order valence-electron chi connectivity index (χ2n) is 8.70. The molecule has 3 N–H and O–H groups in total. The molecule has 2 aromatic rings. The molecule has 0 radical (unpaired) electrons. The number of piperidine rings is 1. The van der Waals surface area contributed by atoms with Gasteiger partial charge in [0.2, 0.25) is 0 Å². The summed E-state index contributed by atoms with van der Waals surface area (Å²) in [6.45, 7) is 3.36. The Morgan fingerprint density at radius 3 is 2.59 bits per heavy atom. The zero-order valence-corrected chi connectivity index (χ0v) is 17.0. The van der Waals surface area contributed by atoms with E-state index in [1.54, 1.807) is 0 Å². The first-order valence-corrected chi connectivity index (χ1v) is 10.8. The van der Waals surface area contributed by atoms with Gasteiger partial charge in [0, 0.05) is 43.2 Å². The molecule has 0 amide bonds. The lowest BCUT2D eigenvalue weighted by Gasteiger charge is -2.45. The van der Waals surface area contributed by atoms with Crippen LogP contribution in [-0.4, -0.2) is 50.0 Å². The molecule has 1 saturated carbocycles. The quantitative estimate of drug-likeness (QED) is 0.730. The van der Waals surface area contributed by atoms with Crippen LogP contribution >= 0.6 is 0 Å². The number of anilines is 1. The summed E-state index contributed by atoms with van der Waals surface area (Å²) in [4.78, 5) is 2.60. The van der Waals surface area contributed by atoms with Crippen LogP contribution in [0.25, 0.3) is 10.9 Å². The molecule has 148 valence electrons. The zero-order chi connectivity index (χ0) is 18.7. The Hall–Kier alpha value is -1.59. The van der Waals surface area contributed by atoms with E-state index < -0.39 is 0 Å². The standard InChI is InChI=1S/C22H35N5/c1-23-16-17(24-2)14-21-19-15-18(6-7-20(19)25-26-21)27-12-10-22(11-13-27)8-4-3-5-9-22/h6-7,15,17,23-24H,3-5,8-14,16H2,1-2H3,(H,25,26). The van der Waals surface area contributed by atoms with Crippen LogP contribution in [0.3, 0.4) is 0 Å². The highest BCUT2D eigenvalue weighted by Crippen LogP contribution is 2.45. The van der Waals surface area contributed by atoms with Crippen molar-refractivity contribution in [3.05, 3.63) is 23.9 Å². The fraction of sp³-hybridized carbons (Fsp3) is 0.682. The Morgan fingerprint density at radius 1 is 1.11 bits per heavy atom. The Morgan fingerprint density at radius 2 is 1.89 bits per heavy atom. The van der Waals surface area contributed by atoms with Crippen molar-refractivity contribution < 1.29 is 0 Å². The maximum absolute atomic E-state index is 4.61. The van der Waals surface area contributed by atoms with Crippen LogP contribution < -0.4 is 15.5 Å². The van der Waals surface area contributed by atoms with E-state index >= 15 is 0 Å². The summed E-state index contributed by atoms with van der Waals surface area (Å²) in [5.41, 5.74) is 4.34. The lowest BCUT2D eigenvalue weighted by atomic mass is 9.68. The van der Waals surface area contributed by atoms with Gasteiger partial charge in [-0.05, 0) is 63.4 Å². The monoisotopic (exact) mass is 369 g/mol. The molecule has 2 heterocycles. The SMILES string of the molecule is CNCC(Cc1n[nH]c2ccc(N3CCC4(CCCCC4)CC3)cc12)NC. The molecule has 1 aliphatic carbocycles. The van der Waals surface area contributed by atoms with Crippen LogP contribution in [0, 0.1) is 5.41 Å². The van der Waals surface area contributed by atoms with Crippen LogP contribution in [0.5, 0.6) is 0 Å². The van der Waals surface area contributed by atoms with E-state index in [1.807, 2.05) is 14.1 Å². The second kappa shape index (κ2) is 8.19. The van der Waals surface area contributed by atoms with Crippen LogP contribution in [0.15, 0.2) is 18.2 Å². The normalized spacial score (nSPS) is 21.0. The van der Waals surface area contributed by atoms with Crippen LogP contribution in [0.4, 0.5) is 5.69 Å². The topological polar surface area (TPSA) is 56.0 Å². The van der Waals surface area contributed by atoms with Gasteiger partial charge in [-0.2, -0.15) is 5.10 Å². The van der Waals surface area contributed by atoms with Crippen molar-refractivity contribution in [2.24, 2.45) is 5.41 Å². The lowest BCUT2D eigenvalue weighted by Crippen LogP contribution is -2.41. The highest BCUT2D eigenvalue weighted by atomic mass is 15.1. The van der Waals surface area contributed by atoms with Crippen LogP contribution in [0.1, 0.15) is 50.6 Å². The second-order valence-corrected chi connectivity index (χ2v) is 8.70. The molecule has 1 aliphatic heterocycles. The van der Waals surface area contributed by atoms with Crippen molar-refractivity contribution in [2.75, 3.05) is 38.6 Å². The number of H-pyrrole nitrogens is 1. The molecule has 1 spiro atoms. The molecule has 2 aliphatic rings. The summed E-state index contributed by atoms with van der Waals surface area (Å²) in [7, 11) is 4.03. The van der Waals surface area contributed by atoms with E-state index in [4.69, 9.17) is 0 Å². The van der Waals surface area contributed by atoms with Crippen molar-refractivity contribution >= 4 is 16.6 Å². The zero-order valence-electron chi connectivity index (χ0n) is 17.0. The molecule has 27 heavy (non-hydrogen) atoms. The van der Waals surface area contributed by atoms with Crippen molar-refractivity contribution in [2.45, 2.75) is 57.4 Å². The minimum Gasteiger partial charge on any atom is -0.371 e. The highest BCUT2D eigenvalue weighted by Gasteiger charge is 2.35. The lowest BCUT2D eigenvalue weighted by molar-refractivity contribution is 0.144. The largest absolute Gasteiger partial charge is 0.371 e.